The molecule has 1 aromatic carbocycles. The van der Waals surface area contributed by atoms with Crippen LogP contribution in [0.2, 0.25) is 0 Å². The third kappa shape index (κ3) is 3.16. The molecular weight excluding hydrogens is 287 g/mol. The summed E-state index contributed by atoms with van der Waals surface area (Å²) in [4.78, 5) is 0. The Hall–Kier alpha value is -1.84. The molecule has 2 aromatic rings. The summed E-state index contributed by atoms with van der Waals surface area (Å²) in [7, 11) is 1.66. The van der Waals surface area contributed by atoms with Crippen LogP contribution in [0.3, 0.4) is 0 Å². The monoisotopic (exact) mass is 308 g/mol. The van der Waals surface area contributed by atoms with Gasteiger partial charge in [0.2, 0.25) is 5.69 Å². The summed E-state index contributed by atoms with van der Waals surface area (Å²) >= 11 is 0. The van der Waals surface area contributed by atoms with Gasteiger partial charge in [-0.25, -0.2) is 4.57 Å². The van der Waals surface area contributed by atoms with Crippen LogP contribution in [0.5, 0.6) is 0 Å². The van der Waals surface area contributed by atoms with Gasteiger partial charge in [-0.1, -0.05) is 39.0 Å². The van der Waals surface area contributed by atoms with Gasteiger partial charge in [0.1, 0.15) is 12.6 Å². The van der Waals surface area contributed by atoms with E-state index in [9.17, 15) is 13.2 Å². The van der Waals surface area contributed by atoms with Crippen LogP contribution in [-0.2, 0) is 18.6 Å². The van der Waals surface area contributed by atoms with Gasteiger partial charge in [-0.15, -0.1) is 0 Å². The van der Waals surface area contributed by atoms with E-state index in [2.05, 4.69) is 0 Å². The SMILES string of the molecule is Cc1ccccc1-c1cc(C(C)(C)C)c(C(F)(F)F)c[n+]1C. The molecular formula is C18H21F3N+. The third-order valence-corrected chi connectivity index (χ3v) is 3.81. The van der Waals surface area contributed by atoms with E-state index >= 15 is 0 Å². The van der Waals surface area contributed by atoms with Crippen LogP contribution in [0.25, 0.3) is 11.3 Å². The highest BCUT2D eigenvalue weighted by molar-refractivity contribution is 5.62. The first-order chi connectivity index (χ1) is 10.0. The molecule has 0 aliphatic heterocycles. The Balaban J connectivity index is 2.77. The molecule has 2 rings (SSSR count). The molecule has 0 fully saturated rings. The summed E-state index contributed by atoms with van der Waals surface area (Å²) in [6.07, 6.45) is -3.16. The van der Waals surface area contributed by atoms with Crippen LogP contribution < -0.4 is 4.57 Å². The number of pyridine rings is 1. The van der Waals surface area contributed by atoms with Crippen LogP contribution in [-0.4, -0.2) is 0 Å². The summed E-state index contributed by atoms with van der Waals surface area (Å²) in [5.41, 5.74) is 1.94. The highest BCUT2D eigenvalue weighted by atomic mass is 19.4. The summed E-state index contributed by atoms with van der Waals surface area (Å²) < 4.78 is 41.6. The summed E-state index contributed by atoms with van der Waals surface area (Å²) in [5, 5.41) is 0. The van der Waals surface area contributed by atoms with Crippen molar-refractivity contribution in [3.8, 4) is 11.3 Å². The van der Waals surface area contributed by atoms with E-state index in [0.717, 1.165) is 16.8 Å². The fraction of sp³-hybridized carbons (Fsp3) is 0.389. The molecule has 0 bridgehead atoms. The van der Waals surface area contributed by atoms with E-state index in [0.29, 0.717) is 5.56 Å². The number of hydrogen-bond acceptors (Lipinski definition) is 0. The van der Waals surface area contributed by atoms with E-state index < -0.39 is 17.2 Å². The van der Waals surface area contributed by atoms with Gasteiger partial charge in [-0.05, 0) is 29.5 Å². The summed E-state index contributed by atoms with van der Waals surface area (Å²) in [5.74, 6) is 0. The average Bonchev–Trinajstić information content (AvgIpc) is 2.37. The number of alkyl halides is 3. The molecule has 0 aliphatic carbocycles. The Kier molecular flexibility index (Phi) is 4.07. The maximum atomic E-state index is 13.4. The molecule has 0 saturated carbocycles. The Bertz CT molecular complexity index is 694. The number of benzene rings is 1. The van der Waals surface area contributed by atoms with Crippen molar-refractivity contribution < 1.29 is 17.7 Å². The first kappa shape index (κ1) is 16.5. The number of rotatable bonds is 1. The molecule has 1 aromatic heterocycles. The van der Waals surface area contributed by atoms with Gasteiger partial charge in [0.15, 0.2) is 6.20 Å². The normalized spacial score (nSPS) is 12.5. The second-order valence-corrected chi connectivity index (χ2v) is 6.66. The Morgan fingerprint density at radius 3 is 2.05 bits per heavy atom. The molecule has 1 heterocycles. The lowest BCUT2D eigenvalue weighted by Crippen LogP contribution is -2.35. The van der Waals surface area contributed by atoms with E-state index in [1.54, 1.807) is 38.5 Å². The van der Waals surface area contributed by atoms with E-state index in [4.69, 9.17) is 0 Å². The van der Waals surface area contributed by atoms with Crippen molar-refractivity contribution in [1.29, 1.82) is 0 Å². The minimum Gasteiger partial charge on any atom is -0.200 e. The van der Waals surface area contributed by atoms with Crippen LogP contribution in [0, 0.1) is 6.92 Å². The van der Waals surface area contributed by atoms with Gasteiger partial charge >= 0.3 is 6.18 Å². The zero-order valence-electron chi connectivity index (χ0n) is 13.5. The molecule has 22 heavy (non-hydrogen) atoms. The molecule has 118 valence electrons. The van der Waals surface area contributed by atoms with Crippen molar-refractivity contribution in [3.05, 3.63) is 53.2 Å². The predicted octanol–water partition coefficient (Wildman–Crippen LogP) is 4.80. The zero-order valence-corrected chi connectivity index (χ0v) is 13.5. The quantitative estimate of drug-likeness (QED) is 0.666. The largest absolute Gasteiger partial charge is 0.422 e. The molecule has 0 radical (unpaired) electrons. The lowest BCUT2D eigenvalue weighted by atomic mass is 9.83. The van der Waals surface area contributed by atoms with Gasteiger partial charge < -0.3 is 0 Å². The number of aryl methyl sites for hydroxylation is 2. The topological polar surface area (TPSA) is 3.88 Å². The van der Waals surface area contributed by atoms with Crippen molar-refractivity contribution in [3.63, 3.8) is 0 Å². The Morgan fingerprint density at radius 1 is 0.955 bits per heavy atom. The molecule has 0 aliphatic rings. The van der Waals surface area contributed by atoms with Crippen molar-refractivity contribution in [2.45, 2.75) is 39.3 Å². The van der Waals surface area contributed by atoms with Crippen LogP contribution >= 0.6 is 0 Å². The van der Waals surface area contributed by atoms with E-state index in [1.165, 1.54) is 6.20 Å². The zero-order chi connectivity index (χ0) is 16.7. The minimum absolute atomic E-state index is 0.316. The molecule has 0 amide bonds. The van der Waals surface area contributed by atoms with Gasteiger partial charge in [-0.2, -0.15) is 13.2 Å². The van der Waals surface area contributed by atoms with Crippen LogP contribution in [0.4, 0.5) is 13.2 Å². The van der Waals surface area contributed by atoms with Crippen molar-refractivity contribution in [2.24, 2.45) is 7.05 Å². The first-order valence-corrected chi connectivity index (χ1v) is 7.19. The number of nitrogens with zero attached hydrogens (tertiary/aromatic N) is 1. The maximum Gasteiger partial charge on any atom is 0.422 e. The van der Waals surface area contributed by atoms with Crippen LogP contribution in [0.15, 0.2) is 36.5 Å². The molecule has 0 atom stereocenters. The van der Waals surface area contributed by atoms with E-state index in [-0.39, 0.29) is 0 Å². The number of hydrogen-bond donors (Lipinski definition) is 0. The van der Waals surface area contributed by atoms with Crippen LogP contribution in [0.1, 0.15) is 37.5 Å². The van der Waals surface area contributed by atoms with Crippen molar-refractivity contribution in [1.82, 2.24) is 0 Å². The average molecular weight is 308 g/mol. The van der Waals surface area contributed by atoms with Crippen molar-refractivity contribution >= 4 is 0 Å². The maximum absolute atomic E-state index is 13.4. The molecule has 4 heteroatoms. The Labute approximate surface area is 129 Å². The summed E-state index contributed by atoms with van der Waals surface area (Å²) in [6.45, 7) is 7.38. The lowest BCUT2D eigenvalue weighted by molar-refractivity contribution is -0.661. The number of aromatic nitrogens is 1. The van der Waals surface area contributed by atoms with Gasteiger partial charge in [0.25, 0.3) is 0 Å². The smallest absolute Gasteiger partial charge is 0.200 e. The number of halogens is 3. The minimum atomic E-state index is -4.36. The van der Waals surface area contributed by atoms with Crippen molar-refractivity contribution in [2.75, 3.05) is 0 Å². The fourth-order valence-electron chi connectivity index (χ4n) is 2.62. The molecule has 0 spiro atoms. The van der Waals surface area contributed by atoms with Gasteiger partial charge in [-0.3, -0.25) is 0 Å². The second kappa shape index (κ2) is 5.41. The highest BCUT2D eigenvalue weighted by Gasteiger charge is 2.40. The highest BCUT2D eigenvalue weighted by Crippen LogP contribution is 2.38. The summed E-state index contributed by atoms with van der Waals surface area (Å²) in [6, 6.07) is 9.39. The third-order valence-electron chi connectivity index (χ3n) is 3.81. The molecule has 1 nitrogen and oxygen atoms in total. The van der Waals surface area contributed by atoms with Gasteiger partial charge in [0, 0.05) is 11.6 Å². The molecule has 0 unspecified atom stereocenters. The fourth-order valence-corrected chi connectivity index (χ4v) is 2.62. The second-order valence-electron chi connectivity index (χ2n) is 6.66. The van der Waals surface area contributed by atoms with E-state index in [1.807, 2.05) is 31.2 Å². The molecule has 0 saturated heterocycles. The first-order valence-electron chi connectivity index (χ1n) is 7.19. The lowest BCUT2D eigenvalue weighted by Gasteiger charge is -2.23. The predicted molar refractivity (Wildman–Crippen MR) is 81.5 cm³/mol. The Morgan fingerprint density at radius 2 is 1.55 bits per heavy atom. The van der Waals surface area contributed by atoms with Gasteiger partial charge in [0.05, 0.1) is 0 Å². The standard InChI is InChI=1S/C18H21F3N/c1-12-8-6-7-9-13(12)16-10-14(17(2,3)4)15(11-22(16)5)18(19,20)21/h6-11H,1-5H3/q+1. The molecule has 0 N–H and O–H groups in total.